The zero-order valence-corrected chi connectivity index (χ0v) is 13.1. The van der Waals surface area contributed by atoms with Crippen LogP contribution in [0.3, 0.4) is 0 Å². The Morgan fingerprint density at radius 1 is 1.00 bits per heavy atom. The van der Waals surface area contributed by atoms with Gasteiger partial charge in [0.2, 0.25) is 0 Å². The summed E-state index contributed by atoms with van der Waals surface area (Å²) in [7, 11) is -3.63. The van der Waals surface area contributed by atoms with Gasteiger partial charge < -0.3 is 0 Å². The van der Waals surface area contributed by atoms with Crippen LogP contribution in [0, 0.1) is 0 Å². The van der Waals surface area contributed by atoms with E-state index in [0.29, 0.717) is 11.3 Å². The van der Waals surface area contributed by atoms with Crippen molar-refractivity contribution in [3.63, 3.8) is 0 Å². The average Bonchev–Trinajstić information content (AvgIpc) is 2.94. The Balaban J connectivity index is 1.85. The van der Waals surface area contributed by atoms with E-state index in [9.17, 15) is 13.2 Å². The SMILES string of the molecule is CC(=O)c1ccc(S(=O)(=O)Nc2ccc3c(c2)CCC3)cc1. The Morgan fingerprint density at radius 3 is 2.36 bits per heavy atom. The molecule has 0 fully saturated rings. The molecule has 0 unspecified atom stereocenters. The number of Topliss-reactive ketones (excluding diaryl/α,β-unsaturated/α-hetero) is 1. The number of anilines is 1. The Bertz CT molecular complexity index is 823. The predicted molar refractivity (Wildman–Crippen MR) is 85.7 cm³/mol. The molecule has 2 aromatic carbocycles. The van der Waals surface area contributed by atoms with Crippen LogP contribution in [0.5, 0.6) is 0 Å². The van der Waals surface area contributed by atoms with E-state index in [1.54, 1.807) is 6.07 Å². The summed E-state index contributed by atoms with van der Waals surface area (Å²) in [6.45, 7) is 1.45. The maximum atomic E-state index is 12.4. The monoisotopic (exact) mass is 315 g/mol. The number of sulfonamides is 1. The Morgan fingerprint density at radius 2 is 1.68 bits per heavy atom. The van der Waals surface area contributed by atoms with Crippen molar-refractivity contribution in [3.05, 3.63) is 59.2 Å². The van der Waals surface area contributed by atoms with Crippen molar-refractivity contribution >= 4 is 21.5 Å². The molecule has 0 saturated heterocycles. The summed E-state index contributed by atoms with van der Waals surface area (Å²) in [5, 5.41) is 0. The quantitative estimate of drug-likeness (QED) is 0.881. The summed E-state index contributed by atoms with van der Waals surface area (Å²) in [6.07, 6.45) is 3.19. The van der Waals surface area contributed by atoms with Crippen LogP contribution in [0.4, 0.5) is 5.69 Å². The van der Waals surface area contributed by atoms with E-state index in [2.05, 4.69) is 4.72 Å². The molecule has 5 heteroatoms. The van der Waals surface area contributed by atoms with Crippen LogP contribution in [0.1, 0.15) is 34.8 Å². The lowest BCUT2D eigenvalue weighted by Crippen LogP contribution is -2.13. The maximum Gasteiger partial charge on any atom is 0.261 e. The molecule has 0 radical (unpaired) electrons. The second-order valence-corrected chi connectivity index (χ2v) is 7.21. The number of hydrogen-bond acceptors (Lipinski definition) is 3. The third-order valence-electron chi connectivity index (χ3n) is 3.92. The molecule has 22 heavy (non-hydrogen) atoms. The first-order chi connectivity index (χ1) is 10.5. The van der Waals surface area contributed by atoms with Crippen molar-refractivity contribution in [3.8, 4) is 0 Å². The lowest BCUT2D eigenvalue weighted by Gasteiger charge is -2.10. The molecular weight excluding hydrogens is 298 g/mol. The van der Waals surface area contributed by atoms with Crippen molar-refractivity contribution in [2.75, 3.05) is 4.72 Å². The standard InChI is InChI=1S/C17H17NO3S/c1-12(19)13-6-9-17(10-7-13)22(20,21)18-16-8-5-14-3-2-4-15(14)11-16/h5-11,18H,2-4H2,1H3. The molecule has 1 aliphatic carbocycles. The summed E-state index contributed by atoms with van der Waals surface area (Å²) >= 11 is 0. The highest BCUT2D eigenvalue weighted by atomic mass is 32.2. The summed E-state index contributed by atoms with van der Waals surface area (Å²) in [6, 6.07) is 11.6. The smallest absolute Gasteiger partial charge is 0.261 e. The topological polar surface area (TPSA) is 63.2 Å². The maximum absolute atomic E-state index is 12.4. The van der Waals surface area contributed by atoms with Gasteiger partial charge in [0, 0.05) is 11.3 Å². The lowest BCUT2D eigenvalue weighted by atomic mass is 10.1. The molecule has 3 rings (SSSR count). The number of carbonyl (C=O) groups is 1. The molecule has 0 heterocycles. The molecule has 0 amide bonds. The minimum atomic E-state index is -3.63. The number of ketones is 1. The van der Waals surface area contributed by atoms with Gasteiger partial charge in [-0.3, -0.25) is 9.52 Å². The van der Waals surface area contributed by atoms with Gasteiger partial charge >= 0.3 is 0 Å². The second-order valence-electron chi connectivity index (χ2n) is 5.52. The first kappa shape index (κ1) is 14.8. The molecule has 4 nitrogen and oxygen atoms in total. The van der Waals surface area contributed by atoms with Crippen LogP contribution in [0.25, 0.3) is 0 Å². The molecule has 0 saturated carbocycles. The van der Waals surface area contributed by atoms with E-state index in [-0.39, 0.29) is 10.7 Å². The predicted octanol–water partition coefficient (Wildman–Crippen LogP) is 3.18. The normalized spacial score (nSPS) is 13.7. The molecule has 0 bridgehead atoms. The van der Waals surface area contributed by atoms with Gasteiger partial charge in [-0.05, 0) is 61.6 Å². The van der Waals surface area contributed by atoms with Crippen LogP contribution in [0.2, 0.25) is 0 Å². The first-order valence-corrected chi connectivity index (χ1v) is 8.70. The minimum Gasteiger partial charge on any atom is -0.295 e. The van der Waals surface area contributed by atoms with E-state index >= 15 is 0 Å². The molecule has 0 aliphatic heterocycles. The number of nitrogens with one attached hydrogen (secondary N) is 1. The van der Waals surface area contributed by atoms with Gasteiger partial charge in [0.1, 0.15) is 0 Å². The van der Waals surface area contributed by atoms with Crippen molar-refractivity contribution in [1.29, 1.82) is 0 Å². The Labute approximate surface area is 130 Å². The molecule has 2 aromatic rings. The molecule has 1 N–H and O–H groups in total. The third kappa shape index (κ3) is 2.90. The lowest BCUT2D eigenvalue weighted by molar-refractivity contribution is 0.101. The van der Waals surface area contributed by atoms with Gasteiger partial charge in [-0.2, -0.15) is 0 Å². The van der Waals surface area contributed by atoms with Crippen molar-refractivity contribution in [2.45, 2.75) is 31.1 Å². The van der Waals surface area contributed by atoms with Crippen LogP contribution in [0.15, 0.2) is 47.4 Å². The molecule has 0 atom stereocenters. The number of aryl methyl sites for hydroxylation is 2. The van der Waals surface area contributed by atoms with Gasteiger partial charge in [-0.1, -0.05) is 18.2 Å². The van der Waals surface area contributed by atoms with Crippen molar-refractivity contribution < 1.29 is 13.2 Å². The molecule has 0 aromatic heterocycles. The highest BCUT2D eigenvalue weighted by Crippen LogP contribution is 2.26. The molecular formula is C17H17NO3S. The van der Waals surface area contributed by atoms with Crippen molar-refractivity contribution in [1.82, 2.24) is 0 Å². The molecule has 114 valence electrons. The minimum absolute atomic E-state index is 0.0875. The largest absolute Gasteiger partial charge is 0.295 e. The van der Waals surface area contributed by atoms with Gasteiger partial charge in [0.05, 0.1) is 4.90 Å². The fraction of sp³-hybridized carbons (Fsp3) is 0.235. The number of hydrogen-bond donors (Lipinski definition) is 1. The number of benzene rings is 2. The summed E-state index contributed by atoms with van der Waals surface area (Å²) in [4.78, 5) is 11.4. The van der Waals surface area contributed by atoms with E-state index < -0.39 is 10.0 Å². The summed E-state index contributed by atoms with van der Waals surface area (Å²) in [5.41, 5.74) is 3.59. The van der Waals surface area contributed by atoms with E-state index in [1.807, 2.05) is 12.1 Å². The number of carbonyl (C=O) groups excluding carboxylic acids is 1. The van der Waals surface area contributed by atoms with Crippen LogP contribution >= 0.6 is 0 Å². The van der Waals surface area contributed by atoms with E-state index in [4.69, 9.17) is 0 Å². The van der Waals surface area contributed by atoms with Gasteiger partial charge in [0.25, 0.3) is 10.0 Å². The van der Waals surface area contributed by atoms with E-state index in [1.165, 1.54) is 42.3 Å². The van der Waals surface area contributed by atoms with Gasteiger partial charge in [-0.15, -0.1) is 0 Å². The zero-order chi connectivity index (χ0) is 15.7. The fourth-order valence-electron chi connectivity index (χ4n) is 2.72. The van der Waals surface area contributed by atoms with Gasteiger partial charge in [-0.25, -0.2) is 8.42 Å². The van der Waals surface area contributed by atoms with E-state index in [0.717, 1.165) is 19.3 Å². The molecule has 0 spiro atoms. The average molecular weight is 315 g/mol. The fourth-order valence-corrected chi connectivity index (χ4v) is 3.77. The van der Waals surface area contributed by atoms with Gasteiger partial charge in [0.15, 0.2) is 5.78 Å². The van der Waals surface area contributed by atoms with Crippen LogP contribution < -0.4 is 4.72 Å². The highest BCUT2D eigenvalue weighted by molar-refractivity contribution is 7.92. The Hall–Kier alpha value is -2.14. The summed E-state index contributed by atoms with van der Waals surface area (Å²) < 4.78 is 27.4. The van der Waals surface area contributed by atoms with Crippen molar-refractivity contribution in [2.24, 2.45) is 0 Å². The zero-order valence-electron chi connectivity index (χ0n) is 12.3. The molecule has 1 aliphatic rings. The summed E-state index contributed by atoms with van der Waals surface area (Å²) in [5.74, 6) is -0.0875. The highest BCUT2D eigenvalue weighted by Gasteiger charge is 2.16. The first-order valence-electron chi connectivity index (χ1n) is 7.21. The van der Waals surface area contributed by atoms with Crippen LogP contribution in [-0.4, -0.2) is 14.2 Å². The Kier molecular flexibility index (Phi) is 3.74. The number of rotatable bonds is 4. The van der Waals surface area contributed by atoms with Crippen LogP contribution in [-0.2, 0) is 22.9 Å². The number of fused-ring (bicyclic) bond motifs is 1. The third-order valence-corrected chi connectivity index (χ3v) is 5.32. The second kappa shape index (κ2) is 5.57.